The monoisotopic (exact) mass is 390 g/mol. The molecule has 0 saturated carbocycles. The molecule has 1 atom stereocenters. The number of hydrogen-bond acceptors (Lipinski definition) is 4. The summed E-state index contributed by atoms with van der Waals surface area (Å²) in [6, 6.07) is 4.67. The SMILES string of the molecule is CS(=O)(=O)c1ccc(C(CC2CCOCC2)C(=O)O)cc1Br. The summed E-state index contributed by atoms with van der Waals surface area (Å²) in [5.41, 5.74) is 0.623. The van der Waals surface area contributed by atoms with Crippen LogP contribution >= 0.6 is 15.9 Å². The second-order valence-electron chi connectivity index (χ2n) is 5.64. The van der Waals surface area contributed by atoms with Gasteiger partial charge in [0.05, 0.1) is 10.8 Å². The molecule has 5 nitrogen and oxygen atoms in total. The van der Waals surface area contributed by atoms with Crippen LogP contribution in [0.1, 0.15) is 30.7 Å². The molecule has 1 aromatic carbocycles. The molecule has 0 amide bonds. The van der Waals surface area contributed by atoms with E-state index in [1.165, 1.54) is 6.07 Å². The molecule has 1 saturated heterocycles. The molecule has 1 N–H and O–H groups in total. The Balaban J connectivity index is 2.25. The third kappa shape index (κ3) is 4.30. The van der Waals surface area contributed by atoms with Crippen LogP contribution in [0.25, 0.3) is 0 Å². The summed E-state index contributed by atoms with van der Waals surface area (Å²) in [4.78, 5) is 11.8. The normalized spacial score (nSPS) is 18.1. The van der Waals surface area contributed by atoms with Crippen LogP contribution in [-0.4, -0.2) is 39.0 Å². The summed E-state index contributed by atoms with van der Waals surface area (Å²) in [6.07, 6.45) is 3.41. The first-order chi connectivity index (χ1) is 10.3. The van der Waals surface area contributed by atoms with Gasteiger partial charge < -0.3 is 9.84 Å². The van der Waals surface area contributed by atoms with E-state index in [1.807, 2.05) is 0 Å². The summed E-state index contributed by atoms with van der Waals surface area (Å²) >= 11 is 3.23. The highest BCUT2D eigenvalue weighted by Gasteiger charge is 2.26. The lowest BCUT2D eigenvalue weighted by Gasteiger charge is -2.25. The van der Waals surface area contributed by atoms with E-state index in [0.717, 1.165) is 19.1 Å². The zero-order valence-electron chi connectivity index (χ0n) is 12.3. The predicted octanol–water partition coefficient (Wildman–Crippen LogP) is 2.84. The van der Waals surface area contributed by atoms with Gasteiger partial charge in [-0.1, -0.05) is 6.07 Å². The molecule has 0 radical (unpaired) electrons. The van der Waals surface area contributed by atoms with E-state index in [-0.39, 0.29) is 4.90 Å². The van der Waals surface area contributed by atoms with E-state index in [1.54, 1.807) is 12.1 Å². The number of rotatable bonds is 5. The van der Waals surface area contributed by atoms with E-state index >= 15 is 0 Å². The van der Waals surface area contributed by atoms with Gasteiger partial charge in [-0.3, -0.25) is 4.79 Å². The van der Waals surface area contributed by atoms with Gasteiger partial charge in [-0.05, 0) is 58.8 Å². The number of benzene rings is 1. The van der Waals surface area contributed by atoms with E-state index in [9.17, 15) is 18.3 Å². The van der Waals surface area contributed by atoms with Gasteiger partial charge in [0.15, 0.2) is 9.84 Å². The molecule has 7 heteroatoms. The Kier molecular flexibility index (Phi) is 5.63. The first-order valence-corrected chi connectivity index (χ1v) is 9.77. The van der Waals surface area contributed by atoms with Gasteiger partial charge >= 0.3 is 5.97 Å². The van der Waals surface area contributed by atoms with Gasteiger partial charge in [-0.2, -0.15) is 0 Å². The highest BCUT2D eigenvalue weighted by molar-refractivity contribution is 9.10. The molecule has 122 valence electrons. The van der Waals surface area contributed by atoms with Crippen molar-refractivity contribution in [2.24, 2.45) is 5.92 Å². The number of hydrogen-bond donors (Lipinski definition) is 1. The molecule has 0 spiro atoms. The summed E-state index contributed by atoms with van der Waals surface area (Å²) in [5, 5.41) is 9.51. The number of carbonyl (C=O) groups is 1. The van der Waals surface area contributed by atoms with Crippen LogP contribution in [0.5, 0.6) is 0 Å². The van der Waals surface area contributed by atoms with E-state index < -0.39 is 21.7 Å². The summed E-state index contributed by atoms with van der Waals surface area (Å²) < 4.78 is 29.0. The van der Waals surface area contributed by atoms with Crippen molar-refractivity contribution >= 4 is 31.7 Å². The van der Waals surface area contributed by atoms with Crippen LogP contribution in [0.2, 0.25) is 0 Å². The Labute approximate surface area is 138 Å². The zero-order chi connectivity index (χ0) is 16.3. The van der Waals surface area contributed by atoms with Crippen molar-refractivity contribution in [3.63, 3.8) is 0 Å². The van der Waals surface area contributed by atoms with Crippen LogP contribution in [-0.2, 0) is 19.4 Å². The molecule has 0 aromatic heterocycles. The van der Waals surface area contributed by atoms with E-state index in [4.69, 9.17) is 4.74 Å². The van der Waals surface area contributed by atoms with Crippen molar-refractivity contribution in [2.75, 3.05) is 19.5 Å². The summed E-state index contributed by atoms with van der Waals surface area (Å²) in [5.74, 6) is -1.19. The van der Waals surface area contributed by atoms with Crippen molar-refractivity contribution in [3.8, 4) is 0 Å². The molecule has 2 rings (SSSR count). The Morgan fingerprint density at radius 2 is 2.05 bits per heavy atom. The predicted molar refractivity (Wildman–Crippen MR) is 85.8 cm³/mol. The van der Waals surface area contributed by atoms with Crippen molar-refractivity contribution in [3.05, 3.63) is 28.2 Å². The molecular weight excluding hydrogens is 372 g/mol. The topological polar surface area (TPSA) is 80.7 Å². The minimum Gasteiger partial charge on any atom is -0.481 e. The molecule has 1 aromatic rings. The maximum atomic E-state index is 11.6. The number of carboxylic acids is 1. The van der Waals surface area contributed by atoms with Crippen LogP contribution in [0, 0.1) is 5.92 Å². The summed E-state index contributed by atoms with van der Waals surface area (Å²) in [6.45, 7) is 1.35. The highest BCUT2D eigenvalue weighted by atomic mass is 79.9. The Morgan fingerprint density at radius 3 is 2.55 bits per heavy atom. The quantitative estimate of drug-likeness (QED) is 0.835. The molecule has 1 unspecified atom stereocenters. The highest BCUT2D eigenvalue weighted by Crippen LogP contribution is 2.32. The molecule has 0 aliphatic carbocycles. The number of sulfone groups is 1. The molecule has 22 heavy (non-hydrogen) atoms. The molecule has 0 bridgehead atoms. The largest absolute Gasteiger partial charge is 0.481 e. The molecule has 1 aliphatic rings. The fraction of sp³-hybridized carbons (Fsp3) is 0.533. The molecule has 1 heterocycles. The van der Waals surface area contributed by atoms with Gasteiger partial charge in [-0.25, -0.2) is 8.42 Å². The van der Waals surface area contributed by atoms with Crippen LogP contribution < -0.4 is 0 Å². The van der Waals surface area contributed by atoms with Crippen LogP contribution in [0.15, 0.2) is 27.6 Å². The Bertz CT molecular complexity index is 650. The van der Waals surface area contributed by atoms with Gasteiger partial charge in [0.1, 0.15) is 0 Å². The van der Waals surface area contributed by atoms with Crippen molar-refractivity contribution in [1.29, 1.82) is 0 Å². The Morgan fingerprint density at radius 1 is 1.41 bits per heavy atom. The average Bonchev–Trinajstić information content (AvgIpc) is 2.44. The fourth-order valence-corrected chi connectivity index (χ4v) is 4.74. The average molecular weight is 391 g/mol. The zero-order valence-corrected chi connectivity index (χ0v) is 14.7. The summed E-state index contributed by atoms with van der Waals surface area (Å²) in [7, 11) is -3.33. The van der Waals surface area contributed by atoms with Crippen molar-refractivity contribution in [2.45, 2.75) is 30.1 Å². The van der Waals surface area contributed by atoms with Crippen molar-refractivity contribution in [1.82, 2.24) is 0 Å². The van der Waals surface area contributed by atoms with Gasteiger partial charge in [0.2, 0.25) is 0 Å². The third-order valence-electron chi connectivity index (χ3n) is 3.97. The number of carboxylic acid groups (broad SMARTS) is 1. The molecule has 1 aliphatic heterocycles. The number of aliphatic carboxylic acids is 1. The first kappa shape index (κ1) is 17.4. The minimum atomic E-state index is -3.33. The van der Waals surface area contributed by atoms with Crippen LogP contribution in [0.3, 0.4) is 0 Å². The van der Waals surface area contributed by atoms with E-state index in [2.05, 4.69) is 15.9 Å². The molecule has 1 fully saturated rings. The van der Waals surface area contributed by atoms with Crippen LogP contribution in [0.4, 0.5) is 0 Å². The van der Waals surface area contributed by atoms with Gasteiger partial charge in [0.25, 0.3) is 0 Å². The maximum absolute atomic E-state index is 11.6. The second-order valence-corrected chi connectivity index (χ2v) is 8.48. The van der Waals surface area contributed by atoms with Crippen molar-refractivity contribution < 1.29 is 23.1 Å². The Hall–Kier alpha value is -0.920. The lowest BCUT2D eigenvalue weighted by molar-refractivity contribution is -0.139. The fourth-order valence-electron chi connectivity index (χ4n) is 2.73. The third-order valence-corrected chi connectivity index (χ3v) is 6.04. The maximum Gasteiger partial charge on any atom is 0.310 e. The van der Waals surface area contributed by atoms with Gasteiger partial charge in [0, 0.05) is 23.9 Å². The molecular formula is C15H19BrO5S. The van der Waals surface area contributed by atoms with Gasteiger partial charge in [-0.15, -0.1) is 0 Å². The van der Waals surface area contributed by atoms with E-state index in [0.29, 0.717) is 35.6 Å². The minimum absolute atomic E-state index is 0.173. The first-order valence-electron chi connectivity index (χ1n) is 7.09. The smallest absolute Gasteiger partial charge is 0.310 e. The standard InChI is InChI=1S/C15H19BrO5S/c1-22(19,20)14-3-2-11(9-13(14)16)12(15(17)18)8-10-4-6-21-7-5-10/h2-3,9-10,12H,4-8H2,1H3,(H,17,18). The lowest BCUT2D eigenvalue weighted by atomic mass is 9.85. The second kappa shape index (κ2) is 7.10. The number of ether oxygens (including phenoxy) is 1. The number of halogens is 1. The lowest BCUT2D eigenvalue weighted by Crippen LogP contribution is -2.21.